The van der Waals surface area contributed by atoms with Gasteiger partial charge in [-0.25, -0.2) is 0 Å². The molecular weight excluding hydrogens is 271 g/mol. The Kier molecular flexibility index (Phi) is 4.75. The molecule has 0 bridgehead atoms. The number of thioether (sulfide) groups is 1. The van der Waals surface area contributed by atoms with Crippen molar-refractivity contribution < 1.29 is 13.2 Å². The first kappa shape index (κ1) is 14.7. The van der Waals surface area contributed by atoms with E-state index in [1.54, 1.807) is 18.2 Å². The third kappa shape index (κ3) is 4.08. The van der Waals surface area contributed by atoms with Crippen LogP contribution in [0.5, 0.6) is 0 Å². The third-order valence-corrected chi connectivity index (χ3v) is 3.46. The first-order valence-corrected chi connectivity index (χ1v) is 5.89. The highest BCUT2D eigenvalue weighted by molar-refractivity contribution is 8.00. The summed E-state index contributed by atoms with van der Waals surface area (Å²) in [5, 5.41) is 0. The minimum Gasteiger partial charge on any atom is -0.324 e. The molecule has 1 saturated carbocycles. The molecule has 0 saturated heterocycles. The second kappa shape index (κ2) is 5.50. The molecule has 96 valence electrons. The first-order valence-electron chi connectivity index (χ1n) is 5.07. The van der Waals surface area contributed by atoms with Crippen molar-refractivity contribution in [2.75, 3.05) is 0 Å². The lowest BCUT2D eigenvalue weighted by atomic mass is 10.0. The fourth-order valence-corrected chi connectivity index (χ4v) is 2.40. The predicted octanol–water partition coefficient (Wildman–Crippen LogP) is 4.13. The minimum absolute atomic E-state index is 0. The van der Waals surface area contributed by atoms with Crippen molar-refractivity contribution >= 4 is 24.2 Å². The lowest BCUT2D eigenvalue weighted by Gasteiger charge is -2.16. The number of benzene rings is 1. The number of hydrogen-bond acceptors (Lipinski definition) is 2. The number of alkyl halides is 3. The van der Waals surface area contributed by atoms with Gasteiger partial charge in [-0.3, -0.25) is 0 Å². The fraction of sp³-hybridized carbons (Fsp3) is 0.455. The summed E-state index contributed by atoms with van der Waals surface area (Å²) in [5.74, 6) is 0.356. The van der Waals surface area contributed by atoms with Crippen molar-refractivity contribution in [3.8, 4) is 0 Å². The van der Waals surface area contributed by atoms with Gasteiger partial charge >= 0.3 is 5.51 Å². The third-order valence-electron chi connectivity index (χ3n) is 2.63. The van der Waals surface area contributed by atoms with Crippen molar-refractivity contribution in [2.45, 2.75) is 29.3 Å². The Morgan fingerprint density at radius 1 is 1.24 bits per heavy atom. The van der Waals surface area contributed by atoms with Crippen LogP contribution in [0.4, 0.5) is 13.2 Å². The number of hydrogen-bond donors (Lipinski definition) is 1. The number of nitrogens with two attached hydrogens (primary N) is 1. The van der Waals surface area contributed by atoms with Gasteiger partial charge in [0, 0.05) is 10.9 Å². The van der Waals surface area contributed by atoms with E-state index in [4.69, 9.17) is 5.73 Å². The Morgan fingerprint density at radius 3 is 2.35 bits per heavy atom. The van der Waals surface area contributed by atoms with Crippen molar-refractivity contribution in [1.82, 2.24) is 0 Å². The van der Waals surface area contributed by atoms with Crippen molar-refractivity contribution in [3.05, 3.63) is 29.8 Å². The molecule has 0 radical (unpaired) electrons. The molecule has 1 atom stereocenters. The molecule has 1 aromatic rings. The van der Waals surface area contributed by atoms with E-state index in [1.807, 2.05) is 0 Å². The zero-order valence-corrected chi connectivity index (χ0v) is 10.5. The second-order valence-electron chi connectivity index (χ2n) is 3.95. The summed E-state index contributed by atoms with van der Waals surface area (Å²) in [5.41, 5.74) is 2.31. The highest BCUT2D eigenvalue weighted by atomic mass is 35.5. The van der Waals surface area contributed by atoms with Crippen LogP contribution in [0.15, 0.2) is 29.2 Å². The van der Waals surface area contributed by atoms with Crippen molar-refractivity contribution in [2.24, 2.45) is 11.7 Å². The van der Waals surface area contributed by atoms with Crippen LogP contribution in [-0.4, -0.2) is 5.51 Å². The largest absolute Gasteiger partial charge is 0.446 e. The SMILES string of the molecule is Cl.N[C@@H](c1ccccc1SC(F)(F)F)C1CC1. The molecule has 2 rings (SSSR count). The summed E-state index contributed by atoms with van der Waals surface area (Å²) in [6.45, 7) is 0. The molecule has 0 unspecified atom stereocenters. The summed E-state index contributed by atoms with van der Waals surface area (Å²) >= 11 is -0.0791. The molecule has 1 fully saturated rings. The molecule has 1 aliphatic rings. The summed E-state index contributed by atoms with van der Waals surface area (Å²) in [6.07, 6.45) is 2.04. The van der Waals surface area contributed by atoms with E-state index in [9.17, 15) is 13.2 Å². The average molecular weight is 284 g/mol. The van der Waals surface area contributed by atoms with E-state index < -0.39 is 5.51 Å². The lowest BCUT2D eigenvalue weighted by molar-refractivity contribution is -0.0328. The molecule has 6 heteroatoms. The Bertz CT molecular complexity index is 379. The van der Waals surface area contributed by atoms with Crippen molar-refractivity contribution in [1.29, 1.82) is 0 Å². The van der Waals surface area contributed by atoms with Gasteiger partial charge in [-0.15, -0.1) is 12.4 Å². The van der Waals surface area contributed by atoms with Crippen LogP contribution in [-0.2, 0) is 0 Å². The Morgan fingerprint density at radius 2 is 1.82 bits per heavy atom. The topological polar surface area (TPSA) is 26.0 Å². The highest BCUT2D eigenvalue weighted by Gasteiger charge is 2.34. The van der Waals surface area contributed by atoms with Crippen LogP contribution in [0, 0.1) is 5.92 Å². The van der Waals surface area contributed by atoms with E-state index in [1.165, 1.54) is 6.07 Å². The normalized spacial score (nSPS) is 17.4. The lowest BCUT2D eigenvalue weighted by Crippen LogP contribution is -2.14. The molecule has 1 aliphatic carbocycles. The van der Waals surface area contributed by atoms with E-state index in [0.29, 0.717) is 11.5 Å². The monoisotopic (exact) mass is 283 g/mol. The molecule has 0 spiro atoms. The van der Waals surface area contributed by atoms with Gasteiger partial charge in [0.1, 0.15) is 0 Å². The number of rotatable bonds is 3. The first-order chi connectivity index (χ1) is 7.47. The van der Waals surface area contributed by atoms with Crippen molar-refractivity contribution in [3.63, 3.8) is 0 Å². The summed E-state index contributed by atoms with van der Waals surface area (Å²) < 4.78 is 37.0. The van der Waals surface area contributed by atoms with Gasteiger partial charge in [0.25, 0.3) is 0 Å². The fourth-order valence-electron chi connectivity index (χ4n) is 1.68. The quantitative estimate of drug-likeness (QED) is 0.844. The van der Waals surface area contributed by atoms with Gasteiger partial charge in [-0.2, -0.15) is 13.2 Å². The molecule has 1 nitrogen and oxygen atoms in total. The van der Waals surface area contributed by atoms with Crippen LogP contribution in [0.25, 0.3) is 0 Å². The van der Waals surface area contributed by atoms with Crippen LogP contribution in [0.1, 0.15) is 24.4 Å². The summed E-state index contributed by atoms with van der Waals surface area (Å²) in [4.78, 5) is 0.231. The summed E-state index contributed by atoms with van der Waals surface area (Å²) in [6, 6.07) is 6.26. The molecule has 0 heterocycles. The number of halogens is 4. The highest BCUT2D eigenvalue weighted by Crippen LogP contribution is 2.45. The van der Waals surface area contributed by atoms with E-state index >= 15 is 0 Å². The van der Waals surface area contributed by atoms with Crippen LogP contribution >= 0.6 is 24.2 Å². The van der Waals surface area contributed by atoms with Gasteiger partial charge < -0.3 is 5.73 Å². The maximum Gasteiger partial charge on any atom is 0.446 e. The zero-order valence-electron chi connectivity index (χ0n) is 8.91. The predicted molar refractivity (Wildman–Crippen MR) is 65.3 cm³/mol. The maximum atomic E-state index is 12.3. The van der Waals surface area contributed by atoms with Gasteiger partial charge in [0.2, 0.25) is 0 Å². The minimum atomic E-state index is -4.25. The van der Waals surface area contributed by atoms with Gasteiger partial charge in [0.15, 0.2) is 0 Å². The smallest absolute Gasteiger partial charge is 0.324 e. The molecule has 0 amide bonds. The molecule has 0 aliphatic heterocycles. The molecular formula is C11H13ClF3NS. The average Bonchev–Trinajstić information content (AvgIpc) is 2.98. The Hall–Kier alpha value is -0.390. The zero-order chi connectivity index (χ0) is 11.8. The molecule has 2 N–H and O–H groups in total. The van der Waals surface area contributed by atoms with Gasteiger partial charge in [0.05, 0.1) is 0 Å². The maximum absolute atomic E-state index is 12.3. The van der Waals surface area contributed by atoms with Crippen LogP contribution in [0.2, 0.25) is 0 Å². The summed E-state index contributed by atoms with van der Waals surface area (Å²) in [7, 11) is 0. The van der Waals surface area contributed by atoms with E-state index in [-0.39, 0.29) is 35.1 Å². The van der Waals surface area contributed by atoms with Crippen LogP contribution in [0.3, 0.4) is 0 Å². The van der Waals surface area contributed by atoms with E-state index in [0.717, 1.165) is 12.8 Å². The van der Waals surface area contributed by atoms with E-state index in [2.05, 4.69) is 0 Å². The molecule has 17 heavy (non-hydrogen) atoms. The van der Waals surface area contributed by atoms with Gasteiger partial charge in [-0.1, -0.05) is 18.2 Å². The molecule has 1 aromatic carbocycles. The second-order valence-corrected chi connectivity index (χ2v) is 5.06. The Labute approximate surface area is 108 Å². The standard InChI is InChI=1S/C11H12F3NS.ClH/c12-11(13,14)16-9-4-2-1-3-8(9)10(15)7-5-6-7;/h1-4,7,10H,5-6,15H2;1H/t10-;/m1./s1. The van der Waals surface area contributed by atoms with Gasteiger partial charge in [-0.05, 0) is 42.2 Å². The Balaban J connectivity index is 0.00000144. The van der Waals surface area contributed by atoms with Crippen LogP contribution < -0.4 is 5.73 Å². The molecule has 0 aromatic heterocycles.